The van der Waals surface area contributed by atoms with Crippen LogP contribution < -0.4 is 0 Å². The molecule has 0 spiro atoms. The molecule has 2 heterocycles. The highest BCUT2D eigenvalue weighted by Crippen LogP contribution is 2.52. The van der Waals surface area contributed by atoms with E-state index >= 15 is 0 Å². The third-order valence-corrected chi connectivity index (χ3v) is 5.50. The number of carbonyl (C=O) groups is 2. The number of hydrogen-bond acceptors (Lipinski definition) is 4. The summed E-state index contributed by atoms with van der Waals surface area (Å²) in [5, 5.41) is 13.7. The van der Waals surface area contributed by atoms with Crippen LogP contribution in [0.15, 0.2) is 12.1 Å². The van der Waals surface area contributed by atoms with Gasteiger partial charge in [-0.2, -0.15) is 0 Å². The number of hydroxylamine groups is 2. The van der Waals surface area contributed by atoms with Gasteiger partial charge in [-0.1, -0.05) is 0 Å². The van der Waals surface area contributed by atoms with Crippen LogP contribution in [-0.2, 0) is 21.0 Å². The second-order valence-corrected chi connectivity index (χ2v) is 7.65. The summed E-state index contributed by atoms with van der Waals surface area (Å²) in [5.74, 6) is -0.314. The second-order valence-electron chi connectivity index (χ2n) is 7.65. The van der Waals surface area contributed by atoms with Crippen molar-refractivity contribution in [3.05, 3.63) is 34.4 Å². The maximum absolute atomic E-state index is 12.6. The van der Waals surface area contributed by atoms with Crippen LogP contribution in [0.4, 0.5) is 0 Å². The number of carbonyl (C=O) groups excluding carboxylic acids is 2. The first-order valence-electron chi connectivity index (χ1n) is 7.46. The molecule has 1 fully saturated rings. The van der Waals surface area contributed by atoms with Gasteiger partial charge in [0.15, 0.2) is 23.3 Å². The Morgan fingerprint density at radius 2 is 1.45 bits per heavy atom. The lowest BCUT2D eigenvalue weighted by Crippen LogP contribution is -2.41. The third kappa shape index (κ3) is 1.31. The summed E-state index contributed by atoms with van der Waals surface area (Å²) < 4.78 is 5.36. The van der Waals surface area contributed by atoms with Crippen LogP contribution in [0.25, 0.3) is 0 Å². The molecule has 4 rings (SSSR count). The van der Waals surface area contributed by atoms with Crippen LogP contribution in [-0.4, -0.2) is 28.3 Å². The number of benzene rings is 1. The van der Waals surface area contributed by atoms with E-state index in [1.54, 1.807) is 19.1 Å². The minimum Gasteiger partial charge on any atom is -0.349 e. The molecule has 115 valence electrons. The van der Waals surface area contributed by atoms with E-state index in [1.807, 2.05) is 27.7 Å². The normalized spacial score (nSPS) is 34.2. The van der Waals surface area contributed by atoms with Crippen molar-refractivity contribution >= 4 is 11.6 Å². The lowest BCUT2D eigenvalue weighted by molar-refractivity contribution is -0.266. The molecule has 3 aliphatic rings. The highest BCUT2D eigenvalue weighted by Gasteiger charge is 2.66. The first-order chi connectivity index (χ1) is 10.0. The van der Waals surface area contributed by atoms with Gasteiger partial charge in [0.2, 0.25) is 0 Å². The number of hydrogen-bond donors (Lipinski definition) is 0. The Morgan fingerprint density at radius 1 is 0.955 bits per heavy atom. The summed E-state index contributed by atoms with van der Waals surface area (Å²) in [4.78, 5) is 25.1. The van der Waals surface area contributed by atoms with Gasteiger partial charge in [0.1, 0.15) is 0 Å². The Morgan fingerprint density at radius 3 is 2.00 bits per heavy atom. The Hall–Kier alpha value is -1.56. The van der Waals surface area contributed by atoms with Crippen LogP contribution in [0.5, 0.6) is 0 Å². The number of ether oxygens (including phenoxy) is 1. The minimum atomic E-state index is -1.01. The number of ketones is 2. The summed E-state index contributed by atoms with van der Waals surface area (Å²) in [6.07, 6.45) is -0.661. The van der Waals surface area contributed by atoms with Crippen molar-refractivity contribution in [2.45, 2.75) is 57.4 Å². The van der Waals surface area contributed by atoms with Crippen LogP contribution in [0.3, 0.4) is 0 Å². The average molecular weight is 300 g/mol. The quantitative estimate of drug-likeness (QED) is 0.690. The van der Waals surface area contributed by atoms with Gasteiger partial charge >= 0.3 is 0 Å². The number of nitrogens with zero attached hydrogens (tertiary/aromatic N) is 1. The third-order valence-electron chi connectivity index (χ3n) is 5.50. The molecule has 22 heavy (non-hydrogen) atoms. The van der Waals surface area contributed by atoms with Crippen LogP contribution in [0, 0.1) is 0 Å². The minimum absolute atomic E-state index is 0.155. The Labute approximate surface area is 128 Å². The standard InChI is InChI=1S/C17H18NO4/c1-15(2)10-6-8-9(7-11(10)16(3,4)18(15)21)13(20)17(5)14(22-17)12(8)19/h6-7,14H,1-5H3. The topological polar surface area (TPSA) is 69.8 Å². The van der Waals surface area contributed by atoms with Crippen molar-refractivity contribution in [3.63, 3.8) is 0 Å². The van der Waals surface area contributed by atoms with E-state index in [1.165, 1.54) is 0 Å². The lowest BCUT2D eigenvalue weighted by atomic mass is 9.78. The first-order valence-corrected chi connectivity index (χ1v) is 7.46. The van der Waals surface area contributed by atoms with Gasteiger partial charge in [-0.3, -0.25) is 9.59 Å². The number of epoxide rings is 1. The van der Waals surface area contributed by atoms with Crippen molar-refractivity contribution in [1.29, 1.82) is 0 Å². The molecule has 1 aliphatic carbocycles. The van der Waals surface area contributed by atoms with Gasteiger partial charge in [-0.25, -0.2) is 0 Å². The van der Waals surface area contributed by atoms with Crippen molar-refractivity contribution in [3.8, 4) is 0 Å². The van der Waals surface area contributed by atoms with Crippen LogP contribution in [0.2, 0.25) is 0 Å². The molecule has 2 aliphatic heterocycles. The van der Waals surface area contributed by atoms with Crippen LogP contribution in [0.1, 0.15) is 66.5 Å². The zero-order chi connectivity index (χ0) is 16.2. The summed E-state index contributed by atoms with van der Waals surface area (Å²) in [7, 11) is 0. The average Bonchev–Trinajstić information content (AvgIpc) is 3.13. The lowest BCUT2D eigenvalue weighted by Gasteiger charge is -2.32. The van der Waals surface area contributed by atoms with E-state index in [9.17, 15) is 14.8 Å². The van der Waals surface area contributed by atoms with E-state index in [0.717, 1.165) is 16.2 Å². The fourth-order valence-corrected chi connectivity index (χ4v) is 4.02. The monoisotopic (exact) mass is 300 g/mol. The molecule has 5 heteroatoms. The van der Waals surface area contributed by atoms with E-state index in [0.29, 0.717) is 11.1 Å². The number of rotatable bonds is 0. The van der Waals surface area contributed by atoms with Gasteiger partial charge < -0.3 is 4.74 Å². The van der Waals surface area contributed by atoms with E-state index < -0.39 is 22.8 Å². The molecule has 0 N–H and O–H groups in total. The van der Waals surface area contributed by atoms with E-state index in [4.69, 9.17) is 4.74 Å². The molecule has 0 aromatic heterocycles. The Bertz CT molecular complexity index is 764. The molecular formula is C17H18NO4. The molecule has 0 saturated carbocycles. The summed E-state index contributed by atoms with van der Waals surface area (Å²) >= 11 is 0. The van der Waals surface area contributed by atoms with Crippen molar-refractivity contribution < 1.29 is 19.5 Å². The molecule has 1 saturated heterocycles. The molecule has 1 radical (unpaired) electrons. The van der Waals surface area contributed by atoms with Crippen LogP contribution >= 0.6 is 0 Å². The second kappa shape index (κ2) is 3.50. The molecule has 2 unspecified atom stereocenters. The molecule has 0 bridgehead atoms. The zero-order valence-corrected chi connectivity index (χ0v) is 13.3. The van der Waals surface area contributed by atoms with Crippen molar-refractivity contribution in [2.24, 2.45) is 0 Å². The highest BCUT2D eigenvalue weighted by molar-refractivity contribution is 6.22. The van der Waals surface area contributed by atoms with Gasteiger partial charge in [0.25, 0.3) is 0 Å². The molecule has 1 aromatic carbocycles. The van der Waals surface area contributed by atoms with Gasteiger partial charge in [0, 0.05) is 11.1 Å². The molecule has 2 atom stereocenters. The first kappa shape index (κ1) is 14.1. The fourth-order valence-electron chi connectivity index (χ4n) is 4.02. The predicted octanol–water partition coefficient (Wildman–Crippen LogP) is 2.35. The largest absolute Gasteiger partial charge is 0.349 e. The summed E-state index contributed by atoms with van der Waals surface area (Å²) in [6, 6.07) is 3.46. The maximum Gasteiger partial charge on any atom is 0.198 e. The fraction of sp³-hybridized carbons (Fsp3) is 0.529. The number of Topliss-reactive ketones (excluding diaryl/α,β-unsaturated/α-hetero) is 2. The van der Waals surface area contributed by atoms with Crippen molar-refractivity contribution in [2.75, 3.05) is 0 Å². The van der Waals surface area contributed by atoms with Gasteiger partial charge in [-0.15, -0.1) is 10.3 Å². The van der Waals surface area contributed by atoms with E-state index in [-0.39, 0.29) is 11.6 Å². The SMILES string of the molecule is CC12OC1C(=O)c1cc3c(cc1C2=O)C(C)(C)N([O])C3(C)C. The predicted molar refractivity (Wildman–Crippen MR) is 77.0 cm³/mol. The highest BCUT2D eigenvalue weighted by atomic mass is 16.6. The van der Waals surface area contributed by atoms with Gasteiger partial charge in [-0.05, 0) is 57.9 Å². The molecule has 1 aromatic rings. The Kier molecular flexibility index (Phi) is 2.24. The van der Waals surface area contributed by atoms with Crippen molar-refractivity contribution in [1.82, 2.24) is 5.06 Å². The van der Waals surface area contributed by atoms with E-state index in [2.05, 4.69) is 0 Å². The molecular weight excluding hydrogens is 282 g/mol. The van der Waals surface area contributed by atoms with Gasteiger partial charge in [0.05, 0.1) is 11.1 Å². The Balaban J connectivity index is 2.01. The summed E-state index contributed by atoms with van der Waals surface area (Å²) in [6.45, 7) is 9.02. The molecule has 5 nitrogen and oxygen atoms in total. The number of fused-ring (bicyclic) bond motifs is 3. The maximum atomic E-state index is 12.6. The summed E-state index contributed by atoms with van der Waals surface area (Å²) in [5.41, 5.74) is -0.0658. The zero-order valence-electron chi connectivity index (χ0n) is 13.3. The molecule has 0 amide bonds. The smallest absolute Gasteiger partial charge is 0.198 e.